The van der Waals surface area contributed by atoms with E-state index >= 15 is 0 Å². The van der Waals surface area contributed by atoms with E-state index in [1.807, 2.05) is 0 Å². The van der Waals surface area contributed by atoms with Crippen LogP contribution in [0.3, 0.4) is 0 Å². The zero-order valence-electron chi connectivity index (χ0n) is 13.5. The molecule has 0 saturated carbocycles. The van der Waals surface area contributed by atoms with Gasteiger partial charge in [0, 0.05) is 11.6 Å². The summed E-state index contributed by atoms with van der Waals surface area (Å²) in [4.78, 5) is 16.0. The van der Waals surface area contributed by atoms with Gasteiger partial charge in [-0.2, -0.15) is 0 Å². The Labute approximate surface area is 151 Å². The molecule has 0 bridgehead atoms. The number of ether oxygens (including phenoxy) is 2. The lowest BCUT2D eigenvalue weighted by Gasteiger charge is -2.15. The number of nitrogens with one attached hydrogen (secondary N) is 2. The molecule has 6 nitrogen and oxygen atoms in total. The molecule has 0 atom stereocenters. The molecule has 2 N–H and O–H groups in total. The summed E-state index contributed by atoms with van der Waals surface area (Å²) >= 11 is 1.22. The van der Waals surface area contributed by atoms with Crippen molar-refractivity contribution in [2.24, 2.45) is 0 Å². The standard InChI is InChI=1S/C17H13F2N3O3S/c1-24-13-7-3-5-11(19)15(13)25-14-10(18)4-2-6-12(14)21-16(23)22-17-20-8-9-26-17/h2-9H,1H3,(H2,20,21,22,23). The smallest absolute Gasteiger partial charge is 0.325 e. The van der Waals surface area contributed by atoms with Gasteiger partial charge in [0.1, 0.15) is 0 Å². The molecule has 3 rings (SSSR count). The molecule has 0 fully saturated rings. The summed E-state index contributed by atoms with van der Waals surface area (Å²) in [6, 6.07) is 7.36. The van der Waals surface area contributed by atoms with Crippen molar-refractivity contribution in [3.63, 3.8) is 0 Å². The fraction of sp³-hybridized carbons (Fsp3) is 0.0588. The van der Waals surface area contributed by atoms with Crippen molar-refractivity contribution in [2.45, 2.75) is 0 Å². The predicted molar refractivity (Wildman–Crippen MR) is 94.2 cm³/mol. The number of benzene rings is 2. The number of methoxy groups -OCH3 is 1. The third-order valence-electron chi connectivity index (χ3n) is 3.22. The SMILES string of the molecule is COc1cccc(F)c1Oc1c(F)cccc1NC(=O)Nc1nccs1. The van der Waals surface area contributed by atoms with Gasteiger partial charge in [0.05, 0.1) is 12.8 Å². The largest absolute Gasteiger partial charge is 0.493 e. The van der Waals surface area contributed by atoms with Gasteiger partial charge in [-0.05, 0) is 24.3 Å². The van der Waals surface area contributed by atoms with Gasteiger partial charge in [0.15, 0.2) is 28.3 Å². The van der Waals surface area contributed by atoms with E-state index < -0.39 is 17.7 Å². The van der Waals surface area contributed by atoms with Gasteiger partial charge in [0.25, 0.3) is 0 Å². The third-order valence-corrected chi connectivity index (χ3v) is 3.91. The van der Waals surface area contributed by atoms with Crippen molar-refractivity contribution in [2.75, 3.05) is 17.7 Å². The quantitative estimate of drug-likeness (QED) is 0.666. The number of para-hydroxylation sites is 2. The van der Waals surface area contributed by atoms with E-state index in [0.29, 0.717) is 5.13 Å². The number of hydrogen-bond donors (Lipinski definition) is 2. The van der Waals surface area contributed by atoms with Crippen LogP contribution in [0.15, 0.2) is 48.0 Å². The molecule has 0 aliphatic rings. The van der Waals surface area contributed by atoms with Crippen LogP contribution < -0.4 is 20.1 Å². The Kier molecular flexibility index (Phi) is 5.28. The average molecular weight is 377 g/mol. The molecule has 2 aromatic carbocycles. The first kappa shape index (κ1) is 17.6. The topological polar surface area (TPSA) is 72.5 Å². The van der Waals surface area contributed by atoms with Crippen LogP contribution in [0.1, 0.15) is 0 Å². The molecule has 2 amide bonds. The lowest BCUT2D eigenvalue weighted by molar-refractivity contribution is 0.262. The lowest BCUT2D eigenvalue weighted by Crippen LogP contribution is -2.19. The summed E-state index contributed by atoms with van der Waals surface area (Å²) in [5, 5.41) is 7.01. The second-order valence-corrected chi connectivity index (χ2v) is 5.80. The number of anilines is 2. The highest BCUT2D eigenvalue weighted by Crippen LogP contribution is 2.38. The molecule has 1 aromatic heterocycles. The van der Waals surface area contributed by atoms with Crippen molar-refractivity contribution in [1.29, 1.82) is 0 Å². The molecular formula is C17H13F2N3O3S. The number of amides is 2. The first-order valence-electron chi connectivity index (χ1n) is 7.35. The second-order valence-electron chi connectivity index (χ2n) is 4.91. The van der Waals surface area contributed by atoms with Crippen molar-refractivity contribution in [3.8, 4) is 17.2 Å². The molecule has 0 unspecified atom stereocenters. The molecule has 0 saturated heterocycles. The normalized spacial score (nSPS) is 10.3. The van der Waals surface area contributed by atoms with E-state index in [4.69, 9.17) is 9.47 Å². The van der Waals surface area contributed by atoms with Gasteiger partial charge >= 0.3 is 6.03 Å². The number of halogens is 2. The van der Waals surface area contributed by atoms with Gasteiger partial charge < -0.3 is 14.8 Å². The fourth-order valence-electron chi connectivity index (χ4n) is 2.10. The van der Waals surface area contributed by atoms with Gasteiger partial charge in [-0.3, -0.25) is 5.32 Å². The average Bonchev–Trinajstić information content (AvgIpc) is 3.12. The van der Waals surface area contributed by atoms with E-state index in [2.05, 4.69) is 15.6 Å². The Balaban J connectivity index is 1.87. The first-order valence-corrected chi connectivity index (χ1v) is 8.23. The number of carbonyl (C=O) groups excluding carboxylic acids is 1. The molecule has 0 aliphatic heterocycles. The van der Waals surface area contributed by atoms with Crippen LogP contribution in [0.4, 0.5) is 24.4 Å². The highest BCUT2D eigenvalue weighted by Gasteiger charge is 2.18. The van der Waals surface area contributed by atoms with E-state index in [9.17, 15) is 13.6 Å². The Morgan fingerprint density at radius 3 is 2.50 bits per heavy atom. The third kappa shape index (κ3) is 3.89. The van der Waals surface area contributed by atoms with Crippen LogP contribution in [0.2, 0.25) is 0 Å². The van der Waals surface area contributed by atoms with Crippen LogP contribution in [-0.4, -0.2) is 18.1 Å². The van der Waals surface area contributed by atoms with Crippen LogP contribution in [0, 0.1) is 11.6 Å². The van der Waals surface area contributed by atoms with Crippen LogP contribution in [0.5, 0.6) is 17.2 Å². The lowest BCUT2D eigenvalue weighted by atomic mass is 10.2. The summed E-state index contributed by atoms with van der Waals surface area (Å²) in [7, 11) is 1.34. The summed E-state index contributed by atoms with van der Waals surface area (Å²) < 4.78 is 38.8. The van der Waals surface area contributed by atoms with E-state index in [-0.39, 0.29) is 22.9 Å². The summed E-state index contributed by atoms with van der Waals surface area (Å²) in [5.41, 5.74) is 0.0179. The Morgan fingerprint density at radius 2 is 1.81 bits per heavy atom. The molecule has 1 heterocycles. The summed E-state index contributed by atoms with van der Waals surface area (Å²) in [6.45, 7) is 0. The number of aromatic nitrogens is 1. The molecule has 9 heteroatoms. The van der Waals surface area contributed by atoms with E-state index in [0.717, 1.165) is 12.1 Å². The molecule has 0 radical (unpaired) electrons. The maximum atomic E-state index is 14.3. The molecule has 134 valence electrons. The number of urea groups is 1. The van der Waals surface area contributed by atoms with Gasteiger partial charge in [0.2, 0.25) is 5.75 Å². The van der Waals surface area contributed by atoms with Crippen molar-refractivity contribution >= 4 is 28.2 Å². The summed E-state index contributed by atoms with van der Waals surface area (Å²) in [6.07, 6.45) is 1.53. The van der Waals surface area contributed by atoms with Crippen LogP contribution in [-0.2, 0) is 0 Å². The number of thiazole rings is 1. The Hall–Kier alpha value is -3.20. The second kappa shape index (κ2) is 7.79. The maximum Gasteiger partial charge on any atom is 0.325 e. The van der Waals surface area contributed by atoms with E-state index in [1.54, 1.807) is 5.38 Å². The van der Waals surface area contributed by atoms with Crippen molar-refractivity contribution < 1.29 is 23.0 Å². The number of hydrogen-bond acceptors (Lipinski definition) is 5. The van der Waals surface area contributed by atoms with Crippen molar-refractivity contribution in [3.05, 3.63) is 59.6 Å². The number of carbonyl (C=O) groups is 1. The minimum absolute atomic E-state index is 0.0179. The molecular weight excluding hydrogens is 364 g/mol. The zero-order chi connectivity index (χ0) is 18.5. The van der Waals surface area contributed by atoms with Gasteiger partial charge in [-0.1, -0.05) is 12.1 Å². The molecule has 0 spiro atoms. The maximum absolute atomic E-state index is 14.3. The van der Waals surface area contributed by atoms with Gasteiger partial charge in [-0.15, -0.1) is 11.3 Å². The van der Waals surface area contributed by atoms with Crippen LogP contribution >= 0.6 is 11.3 Å². The first-order chi connectivity index (χ1) is 12.6. The summed E-state index contributed by atoms with van der Waals surface area (Å²) in [5.74, 6) is -2.05. The van der Waals surface area contributed by atoms with Gasteiger partial charge in [-0.25, -0.2) is 18.6 Å². The monoisotopic (exact) mass is 377 g/mol. The predicted octanol–water partition coefficient (Wildman–Crippen LogP) is 4.87. The number of nitrogens with zero attached hydrogens (tertiary/aromatic N) is 1. The zero-order valence-corrected chi connectivity index (χ0v) is 14.3. The number of rotatable bonds is 5. The molecule has 3 aromatic rings. The Morgan fingerprint density at radius 1 is 1.08 bits per heavy atom. The Bertz CT molecular complexity index is 920. The molecule has 26 heavy (non-hydrogen) atoms. The highest BCUT2D eigenvalue weighted by atomic mass is 32.1. The van der Waals surface area contributed by atoms with Crippen molar-refractivity contribution in [1.82, 2.24) is 4.98 Å². The highest BCUT2D eigenvalue weighted by molar-refractivity contribution is 7.13. The molecule has 0 aliphatic carbocycles. The van der Waals surface area contributed by atoms with Crippen LogP contribution in [0.25, 0.3) is 0 Å². The van der Waals surface area contributed by atoms with E-state index in [1.165, 1.54) is 48.9 Å². The fourth-order valence-corrected chi connectivity index (χ4v) is 2.62. The minimum Gasteiger partial charge on any atom is -0.493 e. The minimum atomic E-state index is -0.776.